The van der Waals surface area contributed by atoms with E-state index >= 15 is 0 Å². The summed E-state index contributed by atoms with van der Waals surface area (Å²) in [5.41, 5.74) is 2.03. The first kappa shape index (κ1) is 17.6. The molecule has 0 radical (unpaired) electrons. The van der Waals surface area contributed by atoms with Gasteiger partial charge in [0.15, 0.2) is 0 Å². The van der Waals surface area contributed by atoms with Crippen molar-refractivity contribution in [3.05, 3.63) is 35.4 Å². The smallest absolute Gasteiger partial charge is 0.310 e. The molecule has 1 atom stereocenters. The number of carbonyl (C=O) groups is 1. The molecule has 0 saturated carbocycles. The number of hydrogen-bond donors (Lipinski definition) is 3. The van der Waals surface area contributed by atoms with Gasteiger partial charge in [-0.15, -0.1) is 0 Å². The van der Waals surface area contributed by atoms with Crippen LogP contribution in [-0.2, 0) is 16.1 Å². The molecule has 1 aliphatic rings. The van der Waals surface area contributed by atoms with E-state index in [0.717, 1.165) is 45.0 Å². The van der Waals surface area contributed by atoms with Gasteiger partial charge in [0.1, 0.15) is 0 Å². The molecule has 1 aliphatic heterocycles. The van der Waals surface area contributed by atoms with Crippen molar-refractivity contribution in [1.82, 2.24) is 10.6 Å². The molecule has 3 N–H and O–H groups in total. The molecule has 0 aromatic heterocycles. The van der Waals surface area contributed by atoms with Gasteiger partial charge in [-0.25, -0.2) is 0 Å². The molecule has 5 heteroatoms. The van der Waals surface area contributed by atoms with E-state index in [1.165, 1.54) is 5.56 Å². The summed E-state index contributed by atoms with van der Waals surface area (Å²) < 4.78 is 5.01. The molecule has 0 aliphatic carbocycles. The van der Waals surface area contributed by atoms with Gasteiger partial charge < -0.3 is 20.5 Å². The standard InChI is InChI=1S/C12H17NO2.C4H9NO/c1-3-13-8-10-4-6-11(7-5-10)9(2)12(14)15;1-3-6-4-2-5-1/h4-7,9,13H,3,8H2,1-2H3,(H,14,15);5H,1-4H2. The SMILES string of the molecule is C1COCCN1.CCNCc1ccc(C(C)C(=O)O)cc1. The molecular formula is C16H26N2O3. The maximum Gasteiger partial charge on any atom is 0.310 e. The van der Waals surface area contributed by atoms with E-state index in [4.69, 9.17) is 9.84 Å². The van der Waals surface area contributed by atoms with Crippen molar-refractivity contribution in [2.45, 2.75) is 26.3 Å². The predicted molar refractivity (Wildman–Crippen MR) is 83.6 cm³/mol. The lowest BCUT2D eigenvalue weighted by atomic mass is 10.0. The maximum atomic E-state index is 10.7. The topological polar surface area (TPSA) is 70.6 Å². The molecule has 21 heavy (non-hydrogen) atoms. The molecule has 1 aromatic carbocycles. The van der Waals surface area contributed by atoms with E-state index in [1.54, 1.807) is 6.92 Å². The number of aliphatic carboxylic acids is 1. The van der Waals surface area contributed by atoms with E-state index in [-0.39, 0.29) is 0 Å². The molecular weight excluding hydrogens is 268 g/mol. The Labute approximate surface area is 126 Å². The van der Waals surface area contributed by atoms with Gasteiger partial charge in [0.05, 0.1) is 19.1 Å². The third-order valence-electron chi connectivity index (χ3n) is 3.28. The Balaban J connectivity index is 0.000000304. The third kappa shape index (κ3) is 7.22. The molecule has 118 valence electrons. The van der Waals surface area contributed by atoms with E-state index in [0.29, 0.717) is 0 Å². The average Bonchev–Trinajstić information content (AvgIpc) is 2.55. The lowest BCUT2D eigenvalue weighted by Crippen LogP contribution is -2.30. The lowest BCUT2D eigenvalue weighted by Gasteiger charge is -2.10. The quantitative estimate of drug-likeness (QED) is 0.769. The molecule has 0 spiro atoms. The zero-order valence-corrected chi connectivity index (χ0v) is 12.9. The minimum atomic E-state index is -0.783. The van der Waals surface area contributed by atoms with Crippen LogP contribution < -0.4 is 10.6 Å². The van der Waals surface area contributed by atoms with Gasteiger partial charge in [-0.1, -0.05) is 31.2 Å². The Bertz CT molecular complexity index is 391. The molecule has 5 nitrogen and oxygen atoms in total. The van der Waals surface area contributed by atoms with Gasteiger partial charge in [0, 0.05) is 19.6 Å². The monoisotopic (exact) mass is 294 g/mol. The van der Waals surface area contributed by atoms with E-state index in [2.05, 4.69) is 17.6 Å². The summed E-state index contributed by atoms with van der Waals surface area (Å²) in [5, 5.41) is 15.2. The van der Waals surface area contributed by atoms with Crippen LogP contribution in [0.4, 0.5) is 0 Å². The summed E-state index contributed by atoms with van der Waals surface area (Å²) in [6, 6.07) is 7.70. The van der Waals surface area contributed by atoms with Gasteiger partial charge in [-0.3, -0.25) is 4.79 Å². The summed E-state index contributed by atoms with van der Waals surface area (Å²) in [4.78, 5) is 10.7. The lowest BCUT2D eigenvalue weighted by molar-refractivity contribution is -0.138. The molecule has 2 rings (SSSR count). The fourth-order valence-electron chi connectivity index (χ4n) is 1.85. The van der Waals surface area contributed by atoms with Gasteiger partial charge >= 0.3 is 5.97 Å². The van der Waals surface area contributed by atoms with E-state index in [1.807, 2.05) is 24.3 Å². The van der Waals surface area contributed by atoms with Crippen molar-refractivity contribution in [3.8, 4) is 0 Å². The Kier molecular flexibility index (Phi) is 8.66. The number of carboxylic acids is 1. The largest absolute Gasteiger partial charge is 0.481 e. The number of nitrogens with one attached hydrogen (secondary N) is 2. The van der Waals surface area contributed by atoms with E-state index < -0.39 is 11.9 Å². The Morgan fingerprint density at radius 1 is 1.33 bits per heavy atom. The molecule has 1 fully saturated rings. The third-order valence-corrected chi connectivity index (χ3v) is 3.28. The van der Waals surface area contributed by atoms with Gasteiger partial charge in [0.25, 0.3) is 0 Å². The Morgan fingerprint density at radius 3 is 2.33 bits per heavy atom. The fourth-order valence-corrected chi connectivity index (χ4v) is 1.85. The molecule has 1 saturated heterocycles. The van der Waals surface area contributed by atoms with Gasteiger partial charge in [0.2, 0.25) is 0 Å². The number of rotatable bonds is 5. The first-order chi connectivity index (χ1) is 10.1. The zero-order valence-electron chi connectivity index (χ0n) is 12.9. The number of hydrogen-bond acceptors (Lipinski definition) is 4. The molecule has 1 heterocycles. The van der Waals surface area contributed by atoms with Crippen molar-refractivity contribution >= 4 is 5.97 Å². The average molecular weight is 294 g/mol. The predicted octanol–water partition coefficient (Wildman–Crippen LogP) is 1.59. The van der Waals surface area contributed by atoms with Crippen LogP contribution in [0.2, 0.25) is 0 Å². The Morgan fingerprint density at radius 2 is 1.95 bits per heavy atom. The molecule has 0 bridgehead atoms. The van der Waals surface area contributed by atoms with Crippen LogP contribution >= 0.6 is 0 Å². The zero-order chi connectivity index (χ0) is 15.5. The van der Waals surface area contributed by atoms with Crippen molar-refractivity contribution in [2.75, 3.05) is 32.8 Å². The molecule has 1 aromatic rings. The maximum absolute atomic E-state index is 10.7. The second-order valence-electron chi connectivity index (χ2n) is 4.94. The van der Waals surface area contributed by atoms with Crippen LogP contribution in [0, 0.1) is 0 Å². The highest BCUT2D eigenvalue weighted by Gasteiger charge is 2.12. The number of benzene rings is 1. The first-order valence-corrected chi connectivity index (χ1v) is 7.46. The van der Waals surface area contributed by atoms with Crippen LogP contribution in [-0.4, -0.2) is 43.9 Å². The van der Waals surface area contributed by atoms with Crippen LogP contribution in [0.3, 0.4) is 0 Å². The van der Waals surface area contributed by atoms with Crippen molar-refractivity contribution in [2.24, 2.45) is 0 Å². The summed E-state index contributed by atoms with van der Waals surface area (Å²) in [7, 11) is 0. The normalized spacial score (nSPS) is 15.7. The van der Waals surface area contributed by atoms with E-state index in [9.17, 15) is 4.79 Å². The summed E-state index contributed by atoms with van der Waals surface area (Å²) in [6.45, 7) is 9.36. The first-order valence-electron chi connectivity index (χ1n) is 7.46. The van der Waals surface area contributed by atoms with Gasteiger partial charge in [-0.05, 0) is 24.6 Å². The summed E-state index contributed by atoms with van der Waals surface area (Å²) in [5.74, 6) is -1.22. The summed E-state index contributed by atoms with van der Waals surface area (Å²) in [6.07, 6.45) is 0. The Hall–Kier alpha value is -1.43. The van der Waals surface area contributed by atoms with Gasteiger partial charge in [-0.2, -0.15) is 0 Å². The number of carboxylic acid groups (broad SMARTS) is 1. The minimum absolute atomic E-state index is 0.432. The highest BCUT2D eigenvalue weighted by molar-refractivity contribution is 5.75. The van der Waals surface area contributed by atoms with Crippen molar-refractivity contribution < 1.29 is 14.6 Å². The molecule has 1 unspecified atom stereocenters. The van der Waals surface area contributed by atoms with Crippen LogP contribution in [0.15, 0.2) is 24.3 Å². The minimum Gasteiger partial charge on any atom is -0.481 e. The fraction of sp³-hybridized carbons (Fsp3) is 0.562. The highest BCUT2D eigenvalue weighted by atomic mass is 16.5. The van der Waals surface area contributed by atoms with Crippen molar-refractivity contribution in [1.29, 1.82) is 0 Å². The second-order valence-corrected chi connectivity index (χ2v) is 4.94. The highest BCUT2D eigenvalue weighted by Crippen LogP contribution is 2.15. The van der Waals surface area contributed by atoms with Crippen LogP contribution in [0.5, 0.6) is 0 Å². The van der Waals surface area contributed by atoms with Crippen LogP contribution in [0.1, 0.15) is 30.9 Å². The van der Waals surface area contributed by atoms with Crippen LogP contribution in [0.25, 0.3) is 0 Å². The number of ether oxygens (including phenoxy) is 1. The molecule has 0 amide bonds. The van der Waals surface area contributed by atoms with Crippen molar-refractivity contribution in [3.63, 3.8) is 0 Å². The summed E-state index contributed by atoms with van der Waals surface area (Å²) >= 11 is 0. The second kappa shape index (κ2) is 10.3. The number of morpholine rings is 1.